The standard InChI is InChI=1S/C35H66N8.C12H30N4/c1-26-36-30(38-27-18-14-13-15-19-27)39-31(37-26)43(29-24-34(6,7)41-35(8,9)25-29)21-17-12-11-16-20-42(10)28-22-32(2,3)40-33(4,5)23-28;1-13-7-5-9-15(3)11-12-16(4)10-6-8-14-2/h27-29,40-41H,11-25H2,1-10H3,(H,36,37,38,39);13-14H,5-12H2,1-4H3. The quantitative estimate of drug-likeness (QED) is 0.0740. The lowest BCUT2D eigenvalue weighted by molar-refractivity contribution is 0.0805. The molecule has 2 saturated heterocycles. The van der Waals surface area contributed by atoms with Gasteiger partial charge in [0.1, 0.15) is 5.82 Å². The second-order valence-electron chi connectivity index (χ2n) is 21.5. The highest BCUT2D eigenvalue weighted by molar-refractivity contribution is 5.39. The fourth-order valence-corrected chi connectivity index (χ4v) is 10.4. The molecule has 0 spiro atoms. The first-order valence-corrected chi connectivity index (χ1v) is 23.9. The van der Waals surface area contributed by atoms with Gasteiger partial charge in [-0.15, -0.1) is 0 Å². The maximum absolute atomic E-state index is 5.07. The van der Waals surface area contributed by atoms with E-state index in [1.165, 1.54) is 110 Å². The lowest BCUT2D eigenvalue weighted by atomic mass is 9.79. The molecule has 0 radical (unpaired) electrons. The van der Waals surface area contributed by atoms with E-state index in [1.54, 1.807) is 0 Å². The zero-order valence-corrected chi connectivity index (χ0v) is 41.1. The van der Waals surface area contributed by atoms with Crippen LogP contribution in [0.3, 0.4) is 0 Å². The minimum Gasteiger partial charge on any atom is -0.351 e. The van der Waals surface area contributed by atoms with Gasteiger partial charge in [-0.3, -0.25) is 0 Å². The topological polar surface area (TPSA) is 112 Å². The molecule has 1 aromatic rings. The van der Waals surface area contributed by atoms with Crippen LogP contribution in [0.2, 0.25) is 0 Å². The average Bonchev–Trinajstić information content (AvgIpc) is 3.11. The van der Waals surface area contributed by atoms with Gasteiger partial charge in [0.2, 0.25) is 11.9 Å². The van der Waals surface area contributed by atoms with Crippen LogP contribution in [0.1, 0.15) is 158 Å². The van der Waals surface area contributed by atoms with Crippen LogP contribution in [-0.4, -0.2) is 158 Å². The minimum absolute atomic E-state index is 0.0677. The van der Waals surface area contributed by atoms with Gasteiger partial charge in [0.05, 0.1) is 0 Å². The number of hydrogen-bond acceptors (Lipinski definition) is 12. The Labute approximate surface area is 364 Å². The monoisotopic (exact) mass is 829 g/mol. The number of nitrogens with zero attached hydrogens (tertiary/aromatic N) is 7. The normalized spacial score (nSPS) is 20.8. The third-order valence-electron chi connectivity index (χ3n) is 12.8. The number of nitrogens with one attached hydrogen (secondary N) is 5. The van der Waals surface area contributed by atoms with Crippen LogP contribution in [0.4, 0.5) is 11.9 Å². The van der Waals surface area contributed by atoms with E-state index in [1.807, 2.05) is 21.0 Å². The van der Waals surface area contributed by atoms with Gasteiger partial charge in [-0.05, 0) is 194 Å². The number of piperidine rings is 2. The van der Waals surface area contributed by atoms with E-state index in [9.17, 15) is 0 Å². The largest absolute Gasteiger partial charge is 0.351 e. The molecule has 1 aromatic heterocycles. The average molecular weight is 829 g/mol. The molecule has 5 N–H and O–H groups in total. The van der Waals surface area contributed by atoms with E-state index in [4.69, 9.17) is 15.0 Å². The molecule has 1 saturated carbocycles. The second kappa shape index (κ2) is 24.8. The zero-order chi connectivity index (χ0) is 43.7. The second-order valence-corrected chi connectivity index (χ2v) is 21.5. The van der Waals surface area contributed by atoms with Gasteiger partial charge in [-0.25, -0.2) is 0 Å². The first-order chi connectivity index (χ1) is 27.7. The Morgan fingerprint density at radius 1 is 0.559 bits per heavy atom. The Morgan fingerprint density at radius 2 is 1.03 bits per heavy atom. The molecular weight excluding hydrogens is 733 g/mol. The van der Waals surface area contributed by atoms with E-state index in [-0.39, 0.29) is 22.2 Å². The van der Waals surface area contributed by atoms with Crippen molar-refractivity contribution in [2.75, 3.05) is 97.8 Å². The summed E-state index contributed by atoms with van der Waals surface area (Å²) in [6, 6.07) is 1.53. The fourth-order valence-electron chi connectivity index (χ4n) is 10.4. The van der Waals surface area contributed by atoms with Crippen molar-refractivity contribution in [2.45, 2.75) is 199 Å². The molecule has 0 bridgehead atoms. The van der Waals surface area contributed by atoms with Crippen molar-refractivity contribution in [2.24, 2.45) is 0 Å². The van der Waals surface area contributed by atoms with E-state index >= 15 is 0 Å². The molecule has 12 nitrogen and oxygen atoms in total. The summed E-state index contributed by atoms with van der Waals surface area (Å²) in [5.74, 6) is 2.44. The number of likely N-dealkylation sites (N-methyl/N-ethyl adjacent to an activating group) is 2. The predicted octanol–water partition coefficient (Wildman–Crippen LogP) is 6.91. The summed E-state index contributed by atoms with van der Waals surface area (Å²) in [5, 5.41) is 17.7. The Balaban J connectivity index is 0.000000492. The maximum Gasteiger partial charge on any atom is 0.230 e. The third kappa shape index (κ3) is 20.4. The van der Waals surface area contributed by atoms with Gasteiger partial charge in [0.15, 0.2) is 0 Å². The highest BCUT2D eigenvalue weighted by Crippen LogP contribution is 2.34. The lowest BCUT2D eigenvalue weighted by Crippen LogP contribution is -2.62. The first-order valence-electron chi connectivity index (χ1n) is 23.9. The van der Waals surface area contributed by atoms with Crippen molar-refractivity contribution in [3.05, 3.63) is 5.82 Å². The van der Waals surface area contributed by atoms with Crippen LogP contribution in [0.25, 0.3) is 0 Å². The predicted molar refractivity (Wildman–Crippen MR) is 254 cm³/mol. The molecule has 4 rings (SSSR count). The van der Waals surface area contributed by atoms with Gasteiger partial charge in [0.25, 0.3) is 0 Å². The third-order valence-corrected chi connectivity index (χ3v) is 12.8. The van der Waals surface area contributed by atoms with Crippen molar-refractivity contribution in [1.82, 2.24) is 50.9 Å². The molecule has 0 aromatic carbocycles. The number of hydrogen-bond donors (Lipinski definition) is 5. The number of aromatic nitrogens is 3. The summed E-state index contributed by atoms with van der Waals surface area (Å²) >= 11 is 0. The van der Waals surface area contributed by atoms with Crippen molar-refractivity contribution in [1.29, 1.82) is 0 Å². The summed E-state index contributed by atoms with van der Waals surface area (Å²) in [5.41, 5.74) is 0.526. The summed E-state index contributed by atoms with van der Waals surface area (Å²) < 4.78 is 0. The SMILES string of the molecule is CNCCCN(C)CCN(C)CCCNC.Cc1nc(NC2CCCCC2)nc(N(CCCCCCN(C)C2CC(C)(C)NC(C)(C)C2)C2CC(C)(C)NC(C)(C)C2)n1. The maximum atomic E-state index is 5.07. The van der Waals surface area contributed by atoms with Crippen molar-refractivity contribution < 1.29 is 0 Å². The molecular formula is C47H96N12. The molecule has 3 fully saturated rings. The molecule has 3 aliphatic rings. The molecule has 2 aliphatic heterocycles. The number of rotatable bonds is 23. The Morgan fingerprint density at radius 3 is 1.53 bits per heavy atom. The van der Waals surface area contributed by atoms with E-state index in [2.05, 4.69) is 123 Å². The molecule has 0 atom stereocenters. The van der Waals surface area contributed by atoms with Gasteiger partial charge in [0, 0.05) is 59.9 Å². The van der Waals surface area contributed by atoms with Crippen LogP contribution in [0, 0.1) is 6.92 Å². The van der Waals surface area contributed by atoms with Crippen LogP contribution in [0.15, 0.2) is 0 Å². The Kier molecular flexibility index (Phi) is 21.8. The van der Waals surface area contributed by atoms with Crippen LogP contribution >= 0.6 is 0 Å². The summed E-state index contributed by atoms with van der Waals surface area (Å²) in [4.78, 5) is 24.7. The number of aryl methyl sites for hydroxylation is 1. The smallest absolute Gasteiger partial charge is 0.230 e. The molecule has 0 unspecified atom stereocenters. The summed E-state index contributed by atoms with van der Waals surface area (Å²) in [6.07, 6.45) is 18.4. The molecule has 0 amide bonds. The lowest BCUT2D eigenvalue weighted by Gasteiger charge is -2.49. The minimum atomic E-state index is 0.0677. The zero-order valence-electron chi connectivity index (χ0n) is 41.1. The Hall–Kier alpha value is -1.67. The van der Waals surface area contributed by atoms with E-state index in [0.717, 1.165) is 56.6 Å². The summed E-state index contributed by atoms with van der Waals surface area (Å²) in [6.45, 7) is 29.9. The van der Waals surface area contributed by atoms with E-state index in [0.29, 0.717) is 18.1 Å². The van der Waals surface area contributed by atoms with Crippen molar-refractivity contribution in [3.63, 3.8) is 0 Å². The number of anilines is 2. The molecule has 1 aliphatic carbocycles. The van der Waals surface area contributed by atoms with E-state index < -0.39 is 0 Å². The van der Waals surface area contributed by atoms with Gasteiger partial charge < -0.3 is 46.2 Å². The molecule has 12 heteroatoms. The number of unbranched alkanes of at least 4 members (excludes halogenated alkanes) is 3. The van der Waals surface area contributed by atoms with Gasteiger partial charge in [-0.1, -0.05) is 32.1 Å². The first kappa shape index (κ1) is 51.7. The molecule has 59 heavy (non-hydrogen) atoms. The van der Waals surface area contributed by atoms with Crippen LogP contribution in [0.5, 0.6) is 0 Å². The van der Waals surface area contributed by atoms with Gasteiger partial charge >= 0.3 is 0 Å². The Bertz CT molecular complexity index is 1250. The highest BCUT2D eigenvalue weighted by Gasteiger charge is 2.41. The fraction of sp³-hybridized carbons (Fsp3) is 0.936. The molecule has 344 valence electrons. The van der Waals surface area contributed by atoms with Crippen LogP contribution < -0.4 is 31.5 Å². The molecule has 3 heterocycles. The van der Waals surface area contributed by atoms with Crippen molar-refractivity contribution in [3.8, 4) is 0 Å². The highest BCUT2D eigenvalue weighted by atomic mass is 15.3. The van der Waals surface area contributed by atoms with Crippen molar-refractivity contribution >= 4 is 11.9 Å². The summed E-state index contributed by atoms with van der Waals surface area (Å²) in [7, 11) is 10.8. The van der Waals surface area contributed by atoms with Gasteiger partial charge in [-0.2, -0.15) is 15.0 Å². The van der Waals surface area contributed by atoms with Crippen LogP contribution in [-0.2, 0) is 0 Å².